The highest BCUT2D eigenvalue weighted by molar-refractivity contribution is 7.18. The number of carbonyl (C=O) groups excluding carboxylic acids is 1. The molecule has 1 aromatic carbocycles. The summed E-state index contributed by atoms with van der Waals surface area (Å²) in [5, 5.41) is 7.07. The normalized spacial score (nSPS) is 10.4. The summed E-state index contributed by atoms with van der Waals surface area (Å²) in [4.78, 5) is 12.5. The highest BCUT2D eigenvalue weighted by Gasteiger charge is 2.13. The molecule has 4 N–H and O–H groups in total. The molecule has 0 spiro atoms. The Morgan fingerprint density at radius 3 is 2.67 bits per heavy atom. The lowest BCUT2D eigenvalue weighted by Crippen LogP contribution is -2.23. The van der Waals surface area contributed by atoms with Crippen LogP contribution in [0.4, 0.5) is 10.7 Å². The topological polar surface area (TPSA) is 67.2 Å². The molecule has 0 saturated heterocycles. The Bertz CT molecular complexity index is 604. The molecule has 0 radical (unpaired) electrons. The maximum Gasteiger partial charge on any atom is 0.263 e. The number of rotatable bonds is 6. The lowest BCUT2D eigenvalue weighted by molar-refractivity contribution is 0.0958. The number of thiophene rings is 1. The number of hydrogen-bond donors (Lipinski definition) is 3. The second-order valence-corrected chi connectivity index (χ2v) is 6.04. The number of aryl methyl sites for hydroxylation is 1. The van der Waals surface area contributed by atoms with Crippen molar-refractivity contribution in [2.45, 2.75) is 26.8 Å². The van der Waals surface area contributed by atoms with Gasteiger partial charge in [-0.25, -0.2) is 0 Å². The van der Waals surface area contributed by atoms with Gasteiger partial charge in [0.25, 0.3) is 5.91 Å². The number of nitrogen functional groups attached to an aromatic ring is 1. The van der Waals surface area contributed by atoms with E-state index >= 15 is 0 Å². The largest absolute Gasteiger partial charge is 0.397 e. The van der Waals surface area contributed by atoms with Crippen LogP contribution >= 0.6 is 11.3 Å². The van der Waals surface area contributed by atoms with Gasteiger partial charge < -0.3 is 16.4 Å². The van der Waals surface area contributed by atoms with E-state index in [1.54, 1.807) is 0 Å². The number of carbonyl (C=O) groups is 1. The summed E-state index contributed by atoms with van der Waals surface area (Å²) in [7, 11) is 0. The van der Waals surface area contributed by atoms with Gasteiger partial charge in [0.1, 0.15) is 4.88 Å². The van der Waals surface area contributed by atoms with Crippen molar-refractivity contribution in [1.29, 1.82) is 0 Å². The zero-order valence-corrected chi connectivity index (χ0v) is 13.2. The first-order valence-electron chi connectivity index (χ1n) is 7.07. The van der Waals surface area contributed by atoms with E-state index in [0.717, 1.165) is 18.0 Å². The number of benzene rings is 1. The summed E-state index contributed by atoms with van der Waals surface area (Å²) in [5.74, 6) is -0.0947. The predicted molar refractivity (Wildman–Crippen MR) is 89.9 cm³/mol. The van der Waals surface area contributed by atoms with Crippen LogP contribution < -0.4 is 16.4 Å². The second-order valence-electron chi connectivity index (χ2n) is 4.99. The fourth-order valence-electron chi connectivity index (χ4n) is 1.88. The molecule has 0 aliphatic rings. The molecule has 4 nitrogen and oxygen atoms in total. The molecule has 0 aliphatic carbocycles. The standard InChI is InChI=1S/C16H21N3OS/c1-3-8-18-16(20)15-13(17)9-14(21-15)19-10-12-6-4-11(2)5-7-12/h4-7,9,19H,3,8,10,17H2,1-2H3,(H,18,20). The van der Waals surface area contributed by atoms with Crippen molar-refractivity contribution >= 4 is 27.9 Å². The van der Waals surface area contributed by atoms with E-state index in [4.69, 9.17) is 5.73 Å². The third kappa shape index (κ3) is 4.23. The molecule has 0 fully saturated rings. The summed E-state index contributed by atoms with van der Waals surface area (Å²) in [6.07, 6.45) is 0.912. The van der Waals surface area contributed by atoms with Crippen molar-refractivity contribution in [3.8, 4) is 0 Å². The molecule has 0 saturated carbocycles. The Labute approximate surface area is 129 Å². The molecular formula is C16H21N3OS. The van der Waals surface area contributed by atoms with Crippen LogP contribution in [-0.4, -0.2) is 12.5 Å². The third-order valence-corrected chi connectivity index (χ3v) is 4.20. The number of nitrogens with two attached hydrogens (primary N) is 1. The molecule has 0 bridgehead atoms. The summed E-state index contributed by atoms with van der Waals surface area (Å²) >= 11 is 1.39. The molecule has 2 rings (SSSR count). The Morgan fingerprint density at radius 2 is 2.00 bits per heavy atom. The quantitative estimate of drug-likeness (QED) is 0.766. The molecule has 112 valence electrons. The molecule has 21 heavy (non-hydrogen) atoms. The first kappa shape index (κ1) is 15.4. The van der Waals surface area contributed by atoms with Crippen molar-refractivity contribution in [3.05, 3.63) is 46.3 Å². The SMILES string of the molecule is CCCNC(=O)c1sc(NCc2ccc(C)cc2)cc1N. The fraction of sp³-hybridized carbons (Fsp3) is 0.312. The van der Waals surface area contributed by atoms with Crippen LogP contribution in [0.2, 0.25) is 0 Å². The molecule has 1 heterocycles. The predicted octanol–water partition coefficient (Wildman–Crippen LogP) is 3.39. The van der Waals surface area contributed by atoms with Crippen LogP contribution in [0, 0.1) is 6.92 Å². The van der Waals surface area contributed by atoms with Crippen molar-refractivity contribution < 1.29 is 4.79 Å². The summed E-state index contributed by atoms with van der Waals surface area (Å²) in [5.41, 5.74) is 8.88. The summed E-state index contributed by atoms with van der Waals surface area (Å²) in [6, 6.07) is 10.2. The van der Waals surface area contributed by atoms with Crippen LogP contribution in [0.3, 0.4) is 0 Å². The molecule has 1 amide bonds. The molecular weight excluding hydrogens is 282 g/mol. The molecule has 0 aliphatic heterocycles. The van der Waals surface area contributed by atoms with Gasteiger partial charge >= 0.3 is 0 Å². The zero-order chi connectivity index (χ0) is 15.2. The minimum absolute atomic E-state index is 0.0947. The molecule has 0 unspecified atom stereocenters. The molecule has 2 aromatic rings. The molecule has 0 atom stereocenters. The van der Waals surface area contributed by atoms with Gasteiger partial charge in [0.05, 0.1) is 10.7 Å². The minimum atomic E-state index is -0.0947. The smallest absolute Gasteiger partial charge is 0.263 e. The first-order valence-corrected chi connectivity index (χ1v) is 7.88. The Balaban J connectivity index is 1.98. The van der Waals surface area contributed by atoms with E-state index in [-0.39, 0.29) is 5.91 Å². The van der Waals surface area contributed by atoms with Crippen molar-refractivity contribution in [2.75, 3.05) is 17.6 Å². The first-order chi connectivity index (χ1) is 10.1. The van der Waals surface area contributed by atoms with E-state index in [2.05, 4.69) is 41.8 Å². The fourth-order valence-corrected chi connectivity index (χ4v) is 2.78. The number of nitrogens with one attached hydrogen (secondary N) is 2. The number of amides is 1. The van der Waals surface area contributed by atoms with Gasteiger partial charge in [-0.1, -0.05) is 36.8 Å². The maximum absolute atomic E-state index is 11.9. The third-order valence-electron chi connectivity index (χ3n) is 3.09. The van der Waals surface area contributed by atoms with Crippen LogP contribution in [0.5, 0.6) is 0 Å². The summed E-state index contributed by atoms with van der Waals surface area (Å²) < 4.78 is 0. The van der Waals surface area contributed by atoms with E-state index in [1.165, 1.54) is 22.5 Å². The van der Waals surface area contributed by atoms with Gasteiger partial charge in [-0.3, -0.25) is 4.79 Å². The summed E-state index contributed by atoms with van der Waals surface area (Å²) in [6.45, 7) is 5.48. The van der Waals surface area contributed by atoms with E-state index < -0.39 is 0 Å². The van der Waals surface area contributed by atoms with Gasteiger partial charge in [-0.2, -0.15) is 0 Å². The lowest BCUT2D eigenvalue weighted by Gasteiger charge is -2.04. The minimum Gasteiger partial charge on any atom is -0.397 e. The van der Waals surface area contributed by atoms with Gasteiger partial charge in [-0.15, -0.1) is 11.3 Å². The van der Waals surface area contributed by atoms with Gasteiger partial charge in [0, 0.05) is 13.1 Å². The molecule has 1 aromatic heterocycles. The number of anilines is 2. The van der Waals surface area contributed by atoms with Gasteiger partial charge in [0.15, 0.2) is 0 Å². The van der Waals surface area contributed by atoms with Crippen LogP contribution in [0.25, 0.3) is 0 Å². The van der Waals surface area contributed by atoms with Crippen molar-refractivity contribution in [2.24, 2.45) is 0 Å². The van der Waals surface area contributed by atoms with E-state index in [0.29, 0.717) is 17.1 Å². The Hall–Kier alpha value is -2.01. The van der Waals surface area contributed by atoms with Gasteiger partial charge in [0.2, 0.25) is 0 Å². The zero-order valence-electron chi connectivity index (χ0n) is 12.4. The lowest BCUT2D eigenvalue weighted by atomic mass is 10.1. The van der Waals surface area contributed by atoms with Gasteiger partial charge in [-0.05, 0) is 25.0 Å². The molecule has 5 heteroatoms. The van der Waals surface area contributed by atoms with Crippen LogP contribution in [-0.2, 0) is 6.54 Å². The van der Waals surface area contributed by atoms with Crippen molar-refractivity contribution in [3.63, 3.8) is 0 Å². The van der Waals surface area contributed by atoms with Crippen molar-refractivity contribution in [1.82, 2.24) is 5.32 Å². The van der Waals surface area contributed by atoms with Crippen LogP contribution in [0.15, 0.2) is 30.3 Å². The Kier molecular flexibility index (Phi) is 5.22. The van der Waals surface area contributed by atoms with Crippen LogP contribution in [0.1, 0.15) is 34.1 Å². The van der Waals surface area contributed by atoms with E-state index in [9.17, 15) is 4.79 Å². The average molecular weight is 303 g/mol. The Morgan fingerprint density at radius 1 is 1.29 bits per heavy atom. The average Bonchev–Trinajstić information content (AvgIpc) is 2.85. The monoisotopic (exact) mass is 303 g/mol. The highest BCUT2D eigenvalue weighted by atomic mass is 32.1. The highest BCUT2D eigenvalue weighted by Crippen LogP contribution is 2.29. The second kappa shape index (κ2) is 7.13. The number of hydrogen-bond acceptors (Lipinski definition) is 4. The van der Waals surface area contributed by atoms with E-state index in [1.807, 2.05) is 13.0 Å². The maximum atomic E-state index is 11.9.